The van der Waals surface area contributed by atoms with Crippen molar-refractivity contribution in [2.45, 2.75) is 58.4 Å². The summed E-state index contributed by atoms with van der Waals surface area (Å²) in [5.41, 5.74) is 0.976. The fourth-order valence-electron chi connectivity index (χ4n) is 2.00. The van der Waals surface area contributed by atoms with Crippen LogP contribution in [0.25, 0.3) is 0 Å². The number of hydrogen-bond donors (Lipinski definition) is 1. The molecule has 0 radical (unpaired) electrons. The van der Waals surface area contributed by atoms with E-state index in [2.05, 4.69) is 35.1 Å². The molecular weight excluding hydrogens is 293 g/mol. The van der Waals surface area contributed by atoms with E-state index in [1.807, 2.05) is 0 Å². The molecule has 0 fully saturated rings. The van der Waals surface area contributed by atoms with Gasteiger partial charge in [-0.25, -0.2) is 4.39 Å². The van der Waals surface area contributed by atoms with Gasteiger partial charge >= 0.3 is 0 Å². The van der Waals surface area contributed by atoms with Crippen molar-refractivity contribution in [3.05, 3.63) is 28.5 Å². The first-order valence-corrected chi connectivity index (χ1v) is 7.64. The topological polar surface area (TPSA) is 12.0 Å². The highest BCUT2D eigenvalue weighted by molar-refractivity contribution is 9.10. The first-order valence-electron chi connectivity index (χ1n) is 6.85. The standard InChI is InChI=1S/C15H23BrFN/c1-3-4-5-6-7-8-12(2)18-13-9-10-15(17)14(16)11-13/h9-12,18H,3-8H2,1-2H3. The lowest BCUT2D eigenvalue weighted by molar-refractivity contribution is 0.578. The van der Waals surface area contributed by atoms with Crippen LogP contribution in [0.5, 0.6) is 0 Å². The molecule has 0 heterocycles. The summed E-state index contributed by atoms with van der Waals surface area (Å²) in [6.07, 6.45) is 7.71. The highest BCUT2D eigenvalue weighted by Crippen LogP contribution is 2.21. The molecule has 1 nitrogen and oxygen atoms in total. The van der Waals surface area contributed by atoms with Gasteiger partial charge in [0.05, 0.1) is 4.47 Å². The molecule has 0 aliphatic heterocycles. The molecule has 1 aromatic carbocycles. The maximum absolute atomic E-state index is 13.1. The summed E-state index contributed by atoms with van der Waals surface area (Å²) in [6.45, 7) is 4.41. The fourth-order valence-corrected chi connectivity index (χ4v) is 2.38. The first-order chi connectivity index (χ1) is 8.63. The fraction of sp³-hybridized carbons (Fsp3) is 0.600. The van der Waals surface area contributed by atoms with Gasteiger partial charge in [-0.15, -0.1) is 0 Å². The minimum atomic E-state index is -0.215. The van der Waals surface area contributed by atoms with Gasteiger partial charge in [0, 0.05) is 11.7 Å². The van der Waals surface area contributed by atoms with Gasteiger partial charge in [0.2, 0.25) is 0 Å². The number of hydrogen-bond acceptors (Lipinski definition) is 1. The van der Waals surface area contributed by atoms with Gasteiger partial charge in [0.15, 0.2) is 0 Å². The van der Waals surface area contributed by atoms with Crippen LogP contribution in [0.3, 0.4) is 0 Å². The SMILES string of the molecule is CCCCCCCC(C)Nc1ccc(F)c(Br)c1. The minimum Gasteiger partial charge on any atom is -0.383 e. The summed E-state index contributed by atoms with van der Waals surface area (Å²) in [7, 11) is 0. The van der Waals surface area contributed by atoms with E-state index in [1.54, 1.807) is 12.1 Å². The van der Waals surface area contributed by atoms with Crippen LogP contribution in [0.2, 0.25) is 0 Å². The Hall–Kier alpha value is -0.570. The van der Waals surface area contributed by atoms with Crippen LogP contribution in [-0.4, -0.2) is 6.04 Å². The third-order valence-electron chi connectivity index (χ3n) is 3.07. The second kappa shape index (κ2) is 8.52. The first kappa shape index (κ1) is 15.5. The molecule has 0 saturated carbocycles. The second-order valence-corrected chi connectivity index (χ2v) is 5.73. The molecule has 1 N–H and O–H groups in total. The zero-order valence-corrected chi connectivity index (χ0v) is 12.9. The molecule has 102 valence electrons. The summed E-state index contributed by atoms with van der Waals surface area (Å²) >= 11 is 3.20. The van der Waals surface area contributed by atoms with E-state index >= 15 is 0 Å². The van der Waals surface area contributed by atoms with Crippen LogP contribution in [-0.2, 0) is 0 Å². The number of anilines is 1. The number of nitrogens with one attached hydrogen (secondary N) is 1. The van der Waals surface area contributed by atoms with Crippen molar-refractivity contribution in [2.24, 2.45) is 0 Å². The smallest absolute Gasteiger partial charge is 0.137 e. The van der Waals surface area contributed by atoms with Gasteiger partial charge < -0.3 is 5.32 Å². The lowest BCUT2D eigenvalue weighted by Crippen LogP contribution is -2.14. The van der Waals surface area contributed by atoms with E-state index in [0.717, 1.165) is 5.69 Å². The van der Waals surface area contributed by atoms with Crippen molar-refractivity contribution < 1.29 is 4.39 Å². The Morgan fingerprint density at radius 2 is 1.94 bits per heavy atom. The summed E-state index contributed by atoms with van der Waals surface area (Å²) < 4.78 is 13.6. The van der Waals surface area contributed by atoms with Crippen molar-refractivity contribution in [3.8, 4) is 0 Å². The molecule has 18 heavy (non-hydrogen) atoms. The van der Waals surface area contributed by atoms with Crippen molar-refractivity contribution in [1.82, 2.24) is 0 Å². The van der Waals surface area contributed by atoms with Crippen LogP contribution in [0.15, 0.2) is 22.7 Å². The minimum absolute atomic E-state index is 0.215. The van der Waals surface area contributed by atoms with Gasteiger partial charge in [-0.05, 0) is 47.5 Å². The largest absolute Gasteiger partial charge is 0.383 e. The monoisotopic (exact) mass is 315 g/mol. The molecule has 0 aliphatic carbocycles. The van der Waals surface area contributed by atoms with Gasteiger partial charge in [0.1, 0.15) is 5.82 Å². The van der Waals surface area contributed by atoms with E-state index in [4.69, 9.17) is 0 Å². The summed E-state index contributed by atoms with van der Waals surface area (Å²) in [5.74, 6) is -0.215. The zero-order chi connectivity index (χ0) is 13.4. The molecule has 0 aliphatic rings. The lowest BCUT2D eigenvalue weighted by atomic mass is 10.1. The zero-order valence-electron chi connectivity index (χ0n) is 11.3. The Bertz CT molecular complexity index is 354. The van der Waals surface area contributed by atoms with Crippen molar-refractivity contribution in [2.75, 3.05) is 5.32 Å². The molecule has 0 spiro atoms. The summed E-state index contributed by atoms with van der Waals surface area (Å²) in [4.78, 5) is 0. The van der Waals surface area contributed by atoms with Gasteiger partial charge in [-0.3, -0.25) is 0 Å². The number of benzene rings is 1. The summed E-state index contributed by atoms with van der Waals surface area (Å²) in [5, 5.41) is 3.40. The Morgan fingerprint density at radius 3 is 2.61 bits per heavy atom. The number of unbranched alkanes of at least 4 members (excludes halogenated alkanes) is 4. The van der Waals surface area contributed by atoms with Crippen molar-refractivity contribution in [3.63, 3.8) is 0 Å². The third-order valence-corrected chi connectivity index (χ3v) is 3.68. The van der Waals surface area contributed by atoms with Gasteiger partial charge in [-0.2, -0.15) is 0 Å². The predicted molar refractivity (Wildman–Crippen MR) is 80.6 cm³/mol. The normalized spacial score (nSPS) is 12.4. The third kappa shape index (κ3) is 5.85. The van der Waals surface area contributed by atoms with E-state index in [-0.39, 0.29) is 5.82 Å². The van der Waals surface area contributed by atoms with Crippen LogP contribution >= 0.6 is 15.9 Å². The molecule has 1 rings (SSSR count). The van der Waals surface area contributed by atoms with Crippen LogP contribution in [0.1, 0.15) is 52.4 Å². The van der Waals surface area contributed by atoms with E-state index in [0.29, 0.717) is 10.5 Å². The molecule has 1 aromatic rings. The lowest BCUT2D eigenvalue weighted by Gasteiger charge is -2.15. The molecule has 0 amide bonds. The maximum atomic E-state index is 13.1. The Balaban J connectivity index is 2.26. The quantitative estimate of drug-likeness (QED) is 0.602. The highest BCUT2D eigenvalue weighted by Gasteiger charge is 2.04. The predicted octanol–water partition coefficient (Wildman–Crippen LogP) is 5.75. The second-order valence-electron chi connectivity index (χ2n) is 4.88. The molecular formula is C15H23BrFN. The van der Waals surface area contributed by atoms with Crippen molar-refractivity contribution in [1.29, 1.82) is 0 Å². The Labute approximate surface area is 118 Å². The molecule has 0 aromatic heterocycles. The Morgan fingerprint density at radius 1 is 1.22 bits per heavy atom. The van der Waals surface area contributed by atoms with Gasteiger partial charge in [0.25, 0.3) is 0 Å². The molecule has 3 heteroatoms. The average Bonchev–Trinajstić information content (AvgIpc) is 2.34. The van der Waals surface area contributed by atoms with Crippen LogP contribution < -0.4 is 5.32 Å². The Kier molecular flexibility index (Phi) is 7.33. The molecule has 1 atom stereocenters. The molecule has 1 unspecified atom stereocenters. The van der Waals surface area contributed by atoms with E-state index in [1.165, 1.54) is 44.6 Å². The summed E-state index contributed by atoms with van der Waals surface area (Å²) in [6, 6.07) is 5.50. The van der Waals surface area contributed by atoms with Crippen molar-refractivity contribution >= 4 is 21.6 Å². The van der Waals surface area contributed by atoms with Crippen LogP contribution in [0.4, 0.5) is 10.1 Å². The molecule has 0 saturated heterocycles. The number of halogens is 2. The van der Waals surface area contributed by atoms with E-state index < -0.39 is 0 Å². The van der Waals surface area contributed by atoms with Gasteiger partial charge in [-0.1, -0.05) is 39.0 Å². The van der Waals surface area contributed by atoms with Crippen LogP contribution in [0, 0.1) is 5.82 Å². The average molecular weight is 316 g/mol. The number of rotatable bonds is 8. The highest BCUT2D eigenvalue weighted by atomic mass is 79.9. The van der Waals surface area contributed by atoms with E-state index in [9.17, 15) is 4.39 Å². The molecule has 0 bridgehead atoms. The maximum Gasteiger partial charge on any atom is 0.137 e.